The maximum atomic E-state index is 11.0. The minimum Gasteiger partial charge on any atom is -0.206 e. The zero-order chi connectivity index (χ0) is 5.70. The predicted octanol–water partition coefficient (Wildman–Crippen LogP) is 1.33. The predicted molar refractivity (Wildman–Crippen MR) is 20.8 cm³/mol. The van der Waals surface area contributed by atoms with Crippen molar-refractivity contribution in [1.82, 2.24) is 0 Å². The quantitative estimate of drug-likeness (QED) is 0.459. The summed E-state index contributed by atoms with van der Waals surface area (Å²) in [5.41, 5.74) is 0. The van der Waals surface area contributed by atoms with Crippen LogP contribution in [0.3, 0.4) is 0 Å². The monoisotopic (exact) mass is 103 g/mol. The number of allylic oxidation sites excluding steroid dienone is 2. The normalized spacial score (nSPS) is 10.0. The lowest BCUT2D eigenvalue weighted by atomic mass is 10.5. The van der Waals surface area contributed by atoms with Crippen molar-refractivity contribution in [1.29, 1.82) is 5.26 Å². The number of hydrogen-bond donors (Lipinski definition) is 0. The molecule has 0 aromatic rings. The third kappa shape index (κ3) is 5.09. The summed E-state index contributed by atoms with van der Waals surface area (Å²) in [4.78, 5) is 0. The fourth-order valence-corrected chi connectivity index (χ4v) is 0.116. The second-order valence-electron chi connectivity index (χ2n) is 0.823. The summed E-state index contributed by atoms with van der Waals surface area (Å²) in [7, 11) is 0. The van der Waals surface area contributed by atoms with Gasteiger partial charge in [-0.05, 0) is 6.08 Å². The molecule has 3 heteroatoms. The molecule has 0 heterocycles. The minimum atomic E-state index is -2.50. The van der Waals surface area contributed by atoms with Crippen molar-refractivity contribution >= 4 is 0 Å². The van der Waals surface area contributed by atoms with Gasteiger partial charge in [0.05, 0.1) is 6.07 Å². The van der Waals surface area contributed by atoms with E-state index < -0.39 is 6.43 Å². The Bertz CT molecular complexity index is 101. The summed E-state index contributed by atoms with van der Waals surface area (Å²) in [5.74, 6) is 0. The molecule has 0 aliphatic carbocycles. The highest BCUT2D eigenvalue weighted by Crippen LogP contribution is 1.91. The molecule has 0 amide bonds. The van der Waals surface area contributed by atoms with Crippen LogP contribution in [0.5, 0.6) is 0 Å². The van der Waals surface area contributed by atoms with Gasteiger partial charge in [-0.2, -0.15) is 5.26 Å². The van der Waals surface area contributed by atoms with Crippen LogP contribution in [0.25, 0.3) is 0 Å². The van der Waals surface area contributed by atoms with Crippen LogP contribution in [0.15, 0.2) is 12.2 Å². The van der Waals surface area contributed by atoms with E-state index in [2.05, 4.69) is 0 Å². The number of halogens is 2. The molecule has 0 aromatic heterocycles. The first-order chi connectivity index (χ1) is 3.27. The zero-order valence-corrected chi connectivity index (χ0v) is 3.44. The van der Waals surface area contributed by atoms with Gasteiger partial charge in [0.25, 0.3) is 6.43 Å². The van der Waals surface area contributed by atoms with Crippen LogP contribution in [0, 0.1) is 11.3 Å². The number of alkyl halides is 2. The molecule has 0 saturated carbocycles. The second-order valence-corrected chi connectivity index (χ2v) is 0.823. The fraction of sp³-hybridized carbons (Fsp3) is 0.250. The van der Waals surface area contributed by atoms with E-state index in [-0.39, 0.29) is 0 Å². The van der Waals surface area contributed by atoms with Crippen LogP contribution in [0.4, 0.5) is 8.78 Å². The van der Waals surface area contributed by atoms with Gasteiger partial charge in [-0.25, -0.2) is 8.78 Å². The van der Waals surface area contributed by atoms with Gasteiger partial charge in [0.1, 0.15) is 0 Å². The first-order valence-corrected chi connectivity index (χ1v) is 1.62. The summed E-state index contributed by atoms with van der Waals surface area (Å²) in [6, 6.07) is 1.44. The molecule has 0 N–H and O–H groups in total. The van der Waals surface area contributed by atoms with Crippen LogP contribution in [0.1, 0.15) is 0 Å². The maximum Gasteiger partial charge on any atom is 0.258 e. The van der Waals surface area contributed by atoms with Crippen molar-refractivity contribution < 1.29 is 8.78 Å². The van der Waals surface area contributed by atoms with Crippen molar-refractivity contribution in [3.8, 4) is 6.07 Å². The first kappa shape index (κ1) is 6.09. The van der Waals surface area contributed by atoms with E-state index in [1.165, 1.54) is 6.07 Å². The summed E-state index contributed by atoms with van der Waals surface area (Å²) in [6.45, 7) is 0. The number of nitrogens with zero attached hydrogens (tertiary/aromatic N) is 1. The average molecular weight is 103 g/mol. The van der Waals surface area contributed by atoms with Gasteiger partial charge in [-0.15, -0.1) is 0 Å². The minimum absolute atomic E-state index is 0.528. The van der Waals surface area contributed by atoms with E-state index in [0.717, 1.165) is 6.08 Å². The number of nitriles is 1. The summed E-state index contributed by atoms with van der Waals surface area (Å²) >= 11 is 0. The van der Waals surface area contributed by atoms with Crippen LogP contribution in [0.2, 0.25) is 0 Å². The summed E-state index contributed by atoms with van der Waals surface area (Å²) in [6.07, 6.45) is -1.22. The highest BCUT2D eigenvalue weighted by atomic mass is 19.3. The van der Waals surface area contributed by atoms with E-state index >= 15 is 0 Å². The Hall–Kier alpha value is -0.910. The molecule has 0 aromatic carbocycles. The summed E-state index contributed by atoms with van der Waals surface area (Å²) < 4.78 is 22.0. The van der Waals surface area contributed by atoms with E-state index in [9.17, 15) is 8.78 Å². The van der Waals surface area contributed by atoms with Crippen LogP contribution >= 0.6 is 0 Å². The Balaban J connectivity index is 3.31. The third-order valence-corrected chi connectivity index (χ3v) is 0.316. The number of hydrogen-bond acceptors (Lipinski definition) is 1. The maximum absolute atomic E-state index is 11.0. The molecule has 7 heavy (non-hydrogen) atoms. The van der Waals surface area contributed by atoms with Gasteiger partial charge in [-0.1, -0.05) is 0 Å². The molecule has 0 rings (SSSR count). The Morgan fingerprint density at radius 1 is 1.57 bits per heavy atom. The topological polar surface area (TPSA) is 23.8 Å². The molecule has 0 aliphatic heterocycles. The van der Waals surface area contributed by atoms with Gasteiger partial charge in [0.2, 0.25) is 0 Å². The van der Waals surface area contributed by atoms with Gasteiger partial charge in [0, 0.05) is 6.08 Å². The molecule has 1 nitrogen and oxygen atoms in total. The molecule has 0 saturated heterocycles. The fourth-order valence-electron chi connectivity index (χ4n) is 0.116. The van der Waals surface area contributed by atoms with Crippen LogP contribution in [-0.4, -0.2) is 6.43 Å². The molecule has 0 bridgehead atoms. The molecule has 0 aliphatic rings. The highest BCUT2D eigenvalue weighted by molar-refractivity contribution is 5.02. The smallest absolute Gasteiger partial charge is 0.206 e. The van der Waals surface area contributed by atoms with E-state index in [4.69, 9.17) is 5.26 Å². The van der Waals surface area contributed by atoms with Crippen molar-refractivity contribution in [2.45, 2.75) is 6.43 Å². The van der Waals surface area contributed by atoms with Gasteiger partial charge < -0.3 is 0 Å². The van der Waals surface area contributed by atoms with E-state index in [0.29, 0.717) is 6.08 Å². The second kappa shape index (κ2) is 3.29. The average Bonchev–Trinajstić information content (AvgIpc) is 1.61. The first-order valence-electron chi connectivity index (χ1n) is 1.62. The Kier molecular flexibility index (Phi) is 2.86. The third-order valence-electron chi connectivity index (χ3n) is 0.316. The Morgan fingerprint density at radius 3 is 2.29 bits per heavy atom. The molecule has 0 unspecified atom stereocenters. The van der Waals surface area contributed by atoms with Crippen LogP contribution < -0.4 is 0 Å². The van der Waals surface area contributed by atoms with Crippen LogP contribution in [-0.2, 0) is 0 Å². The van der Waals surface area contributed by atoms with Gasteiger partial charge in [-0.3, -0.25) is 0 Å². The molecule has 0 atom stereocenters. The molecule has 38 valence electrons. The number of rotatable bonds is 1. The molecule has 0 spiro atoms. The van der Waals surface area contributed by atoms with Crippen molar-refractivity contribution in [3.63, 3.8) is 0 Å². The summed E-state index contributed by atoms with van der Waals surface area (Å²) in [5, 5.41) is 7.64. The Labute approximate surface area is 39.9 Å². The molecular weight excluding hydrogens is 100 g/mol. The molecule has 0 radical (unpaired) electrons. The van der Waals surface area contributed by atoms with Gasteiger partial charge >= 0.3 is 0 Å². The lowest BCUT2D eigenvalue weighted by molar-refractivity contribution is 0.204. The van der Waals surface area contributed by atoms with E-state index in [1.54, 1.807) is 0 Å². The highest BCUT2D eigenvalue weighted by Gasteiger charge is 1.89. The lowest BCUT2D eigenvalue weighted by Gasteiger charge is -1.77. The van der Waals surface area contributed by atoms with Crippen molar-refractivity contribution in [3.05, 3.63) is 12.2 Å². The molecule has 0 fully saturated rings. The van der Waals surface area contributed by atoms with Crippen molar-refractivity contribution in [2.75, 3.05) is 0 Å². The lowest BCUT2D eigenvalue weighted by Crippen LogP contribution is -1.77. The standard InChI is InChI=1S/C4H3F2N/c5-4(6)2-1-3-7/h1-2,4H/b2-1+. The molecular formula is C4H3F2N. The Morgan fingerprint density at radius 2 is 2.14 bits per heavy atom. The van der Waals surface area contributed by atoms with Gasteiger partial charge in [0.15, 0.2) is 0 Å². The SMILES string of the molecule is N#C/C=C/C(F)F. The van der Waals surface area contributed by atoms with E-state index in [1.807, 2.05) is 0 Å². The van der Waals surface area contributed by atoms with Crippen molar-refractivity contribution in [2.24, 2.45) is 0 Å². The largest absolute Gasteiger partial charge is 0.258 e. The zero-order valence-electron chi connectivity index (χ0n) is 3.44.